The van der Waals surface area contributed by atoms with Crippen LogP contribution < -0.4 is 10.1 Å². The number of rotatable bonds is 10. The van der Waals surface area contributed by atoms with Crippen LogP contribution in [0.3, 0.4) is 0 Å². The summed E-state index contributed by atoms with van der Waals surface area (Å²) in [4.78, 5) is 12.9. The van der Waals surface area contributed by atoms with Gasteiger partial charge in [-0.1, -0.05) is 50.1 Å². The summed E-state index contributed by atoms with van der Waals surface area (Å²) in [5.74, 6) is -1.04. The first-order chi connectivity index (χ1) is 16.3. The average Bonchev–Trinajstić information content (AvgIpc) is 2.84. The van der Waals surface area contributed by atoms with Gasteiger partial charge in [-0.05, 0) is 36.1 Å². The second-order valence-corrected chi connectivity index (χ2v) is 8.42. The summed E-state index contributed by atoms with van der Waals surface area (Å²) >= 11 is 0. The standard InChI is InChI=1S/C25H33NO8/c1-2-3-4-6-15-9-11-16(12-10-15)13-26-24(32)20-17(28)7-5-8-18(20)33-25-23(31)22(30)21(29)19(14-27)34-25/h5,7-12,19,21-23,25,27-31H,2-4,6,13-14H2,1H3,(H,26,32)/t19-,21-,22+,23-,25-/m1/s1. The summed E-state index contributed by atoms with van der Waals surface area (Å²) < 4.78 is 10.9. The van der Waals surface area contributed by atoms with Crippen molar-refractivity contribution in [3.8, 4) is 11.5 Å². The zero-order chi connectivity index (χ0) is 24.7. The fraction of sp³-hybridized carbons (Fsp3) is 0.480. The lowest BCUT2D eigenvalue weighted by molar-refractivity contribution is -0.277. The Kier molecular flexibility index (Phi) is 9.26. The van der Waals surface area contributed by atoms with E-state index in [1.165, 1.54) is 36.6 Å². The molecule has 1 amide bonds. The highest BCUT2D eigenvalue weighted by Gasteiger charge is 2.45. The summed E-state index contributed by atoms with van der Waals surface area (Å²) in [5, 5.41) is 52.5. The number of carbonyl (C=O) groups excluding carboxylic acids is 1. The number of benzene rings is 2. The number of unbranched alkanes of at least 4 members (excludes halogenated alkanes) is 2. The SMILES string of the molecule is CCCCCc1ccc(CNC(=O)c2c(O)cccc2O[C@@H]2O[C@H](CO)[C@@H](O)[C@H](O)[C@H]2O)cc1. The van der Waals surface area contributed by atoms with Gasteiger partial charge in [0.25, 0.3) is 5.91 Å². The van der Waals surface area contributed by atoms with Gasteiger partial charge < -0.3 is 40.3 Å². The van der Waals surface area contributed by atoms with Gasteiger partial charge in [-0.25, -0.2) is 0 Å². The molecule has 0 spiro atoms. The largest absolute Gasteiger partial charge is 0.507 e. The van der Waals surface area contributed by atoms with Crippen LogP contribution in [0.4, 0.5) is 0 Å². The van der Waals surface area contributed by atoms with Crippen molar-refractivity contribution < 1.29 is 39.8 Å². The molecule has 0 unspecified atom stereocenters. The number of carbonyl (C=O) groups is 1. The number of aliphatic hydroxyl groups is 4. The fourth-order valence-electron chi connectivity index (χ4n) is 3.81. The number of nitrogens with one attached hydrogen (secondary N) is 1. The molecule has 0 bridgehead atoms. The lowest BCUT2D eigenvalue weighted by Gasteiger charge is -2.39. The van der Waals surface area contributed by atoms with Gasteiger partial charge in [0.05, 0.1) is 6.61 Å². The second kappa shape index (κ2) is 12.1. The van der Waals surface area contributed by atoms with Gasteiger partial charge in [0.2, 0.25) is 6.29 Å². The quantitative estimate of drug-likeness (QED) is 0.281. The number of ether oxygens (including phenoxy) is 2. The van der Waals surface area contributed by atoms with Crippen molar-refractivity contribution in [3.05, 3.63) is 59.2 Å². The van der Waals surface area contributed by atoms with Crippen LogP contribution in [-0.4, -0.2) is 68.8 Å². The molecular weight excluding hydrogens is 442 g/mol. The van der Waals surface area contributed by atoms with Crippen molar-refractivity contribution in [2.45, 2.75) is 69.9 Å². The normalized spacial score (nSPS) is 24.6. The number of aromatic hydroxyl groups is 1. The van der Waals surface area contributed by atoms with E-state index in [4.69, 9.17) is 9.47 Å². The van der Waals surface area contributed by atoms with E-state index < -0.39 is 43.2 Å². The van der Waals surface area contributed by atoms with Crippen LogP contribution in [0.5, 0.6) is 11.5 Å². The third-order valence-electron chi connectivity index (χ3n) is 5.87. The molecule has 0 aromatic heterocycles. The molecule has 0 saturated carbocycles. The van der Waals surface area contributed by atoms with Crippen LogP contribution in [0.1, 0.15) is 47.7 Å². The molecule has 186 valence electrons. The van der Waals surface area contributed by atoms with Gasteiger partial charge in [-0.2, -0.15) is 0 Å². The van der Waals surface area contributed by atoms with E-state index in [1.54, 1.807) is 0 Å². The maximum Gasteiger partial charge on any atom is 0.259 e. The third-order valence-corrected chi connectivity index (χ3v) is 5.87. The zero-order valence-electron chi connectivity index (χ0n) is 19.1. The van der Waals surface area contributed by atoms with Gasteiger partial charge in [-0.15, -0.1) is 0 Å². The van der Waals surface area contributed by atoms with E-state index in [2.05, 4.69) is 12.2 Å². The number of hydrogen-bond acceptors (Lipinski definition) is 8. The monoisotopic (exact) mass is 475 g/mol. The second-order valence-electron chi connectivity index (χ2n) is 8.42. The summed E-state index contributed by atoms with van der Waals surface area (Å²) in [7, 11) is 0. The van der Waals surface area contributed by atoms with Crippen molar-refractivity contribution in [3.63, 3.8) is 0 Å². The first-order valence-electron chi connectivity index (χ1n) is 11.5. The van der Waals surface area contributed by atoms with Crippen LogP contribution >= 0.6 is 0 Å². The molecule has 5 atom stereocenters. The Labute approximate surface area is 198 Å². The molecule has 34 heavy (non-hydrogen) atoms. The maximum atomic E-state index is 12.9. The number of hydrogen-bond donors (Lipinski definition) is 6. The lowest BCUT2D eigenvalue weighted by atomic mass is 9.99. The Morgan fingerprint density at radius 1 is 1.00 bits per heavy atom. The number of phenolic OH excluding ortho intramolecular Hbond substituents is 1. The smallest absolute Gasteiger partial charge is 0.259 e. The van der Waals surface area contributed by atoms with E-state index in [9.17, 15) is 30.3 Å². The summed E-state index contributed by atoms with van der Waals surface area (Å²) in [6, 6.07) is 12.1. The minimum atomic E-state index is -1.65. The highest BCUT2D eigenvalue weighted by atomic mass is 16.7. The van der Waals surface area contributed by atoms with Crippen LogP contribution in [0, 0.1) is 0 Å². The molecular formula is C25H33NO8. The number of aliphatic hydroxyl groups excluding tert-OH is 4. The van der Waals surface area contributed by atoms with Crippen LogP contribution in [0.2, 0.25) is 0 Å². The van der Waals surface area contributed by atoms with E-state index in [0.717, 1.165) is 18.4 Å². The molecule has 2 aromatic carbocycles. The number of phenols is 1. The van der Waals surface area contributed by atoms with Gasteiger partial charge in [-0.3, -0.25) is 4.79 Å². The first-order valence-corrected chi connectivity index (χ1v) is 11.5. The van der Waals surface area contributed by atoms with Crippen LogP contribution in [0.25, 0.3) is 0 Å². The maximum absolute atomic E-state index is 12.9. The highest BCUT2D eigenvalue weighted by molar-refractivity contribution is 5.99. The van der Waals surface area contributed by atoms with E-state index in [0.29, 0.717) is 0 Å². The summed E-state index contributed by atoms with van der Waals surface area (Å²) in [6.45, 7) is 1.77. The van der Waals surface area contributed by atoms with E-state index >= 15 is 0 Å². The molecule has 1 fully saturated rings. The molecule has 9 nitrogen and oxygen atoms in total. The molecule has 1 aliphatic heterocycles. The third kappa shape index (κ3) is 6.25. The number of amides is 1. The highest BCUT2D eigenvalue weighted by Crippen LogP contribution is 2.31. The first kappa shape index (κ1) is 25.9. The molecule has 2 aromatic rings. The molecule has 1 saturated heterocycles. The molecule has 6 N–H and O–H groups in total. The molecule has 1 heterocycles. The summed E-state index contributed by atoms with van der Waals surface area (Å²) in [6.07, 6.45) is -2.96. The van der Waals surface area contributed by atoms with Gasteiger partial charge >= 0.3 is 0 Å². The Balaban J connectivity index is 1.67. The molecule has 1 aliphatic rings. The fourth-order valence-corrected chi connectivity index (χ4v) is 3.81. The Morgan fingerprint density at radius 2 is 1.71 bits per heavy atom. The Bertz CT molecular complexity index is 933. The van der Waals surface area contributed by atoms with Crippen LogP contribution in [-0.2, 0) is 17.7 Å². The topological polar surface area (TPSA) is 149 Å². The average molecular weight is 476 g/mol. The predicted octanol–water partition coefficient (Wildman–Crippen LogP) is 1.23. The van der Waals surface area contributed by atoms with Crippen molar-refractivity contribution in [1.29, 1.82) is 0 Å². The minimum Gasteiger partial charge on any atom is -0.507 e. The van der Waals surface area contributed by atoms with Crippen LogP contribution in [0.15, 0.2) is 42.5 Å². The van der Waals surface area contributed by atoms with E-state index in [-0.39, 0.29) is 23.6 Å². The van der Waals surface area contributed by atoms with Crippen molar-refractivity contribution in [2.24, 2.45) is 0 Å². The minimum absolute atomic E-state index is 0.0897. The Hall–Kier alpha value is -2.69. The van der Waals surface area contributed by atoms with E-state index in [1.807, 2.05) is 24.3 Å². The van der Waals surface area contributed by atoms with Crippen molar-refractivity contribution in [2.75, 3.05) is 6.61 Å². The lowest BCUT2D eigenvalue weighted by Crippen LogP contribution is -2.60. The van der Waals surface area contributed by atoms with Crippen molar-refractivity contribution >= 4 is 5.91 Å². The molecule has 0 aliphatic carbocycles. The Morgan fingerprint density at radius 3 is 2.38 bits per heavy atom. The predicted molar refractivity (Wildman–Crippen MR) is 123 cm³/mol. The summed E-state index contributed by atoms with van der Waals surface area (Å²) in [5.41, 5.74) is 1.95. The molecule has 3 rings (SSSR count). The zero-order valence-corrected chi connectivity index (χ0v) is 19.1. The van der Waals surface area contributed by atoms with Crippen molar-refractivity contribution in [1.82, 2.24) is 5.32 Å². The molecule has 0 radical (unpaired) electrons. The van der Waals surface area contributed by atoms with Gasteiger partial charge in [0.15, 0.2) is 0 Å². The molecule has 9 heteroatoms. The van der Waals surface area contributed by atoms with Gasteiger partial charge in [0, 0.05) is 6.54 Å². The van der Waals surface area contributed by atoms with Gasteiger partial charge in [0.1, 0.15) is 41.5 Å². The number of aryl methyl sites for hydroxylation is 1.